The second kappa shape index (κ2) is 7.86. The summed E-state index contributed by atoms with van der Waals surface area (Å²) in [6.45, 7) is 7.90. The van der Waals surface area contributed by atoms with Crippen molar-refractivity contribution in [1.29, 1.82) is 0 Å². The molecule has 0 aliphatic heterocycles. The molecule has 0 saturated carbocycles. The molecule has 1 heterocycles. The molecule has 0 saturated heterocycles. The highest BCUT2D eigenvalue weighted by atomic mass is 32.2. The number of carbonyl (C=O) groups excluding carboxylic acids is 1. The molecule has 1 amide bonds. The molecule has 0 N–H and O–H groups in total. The molecule has 0 aliphatic carbocycles. The van der Waals surface area contributed by atoms with E-state index < -0.39 is 15.4 Å². The van der Waals surface area contributed by atoms with Gasteiger partial charge in [0.15, 0.2) is 0 Å². The van der Waals surface area contributed by atoms with Gasteiger partial charge in [0, 0.05) is 18.8 Å². The standard InChI is InChI=1S/C19H24N2O4S/c1-5-20(6-2)17(22)13-21-15(4)12-14(3)18(19(21)23)26(24,25)16-10-8-7-9-11-16/h7-12H,5-6,13H2,1-4H3. The number of sulfone groups is 1. The molecule has 0 radical (unpaired) electrons. The Morgan fingerprint density at radius 1 is 1.08 bits per heavy atom. The van der Waals surface area contributed by atoms with Crippen molar-refractivity contribution in [3.63, 3.8) is 0 Å². The van der Waals surface area contributed by atoms with E-state index in [-0.39, 0.29) is 22.2 Å². The molecule has 0 atom stereocenters. The van der Waals surface area contributed by atoms with E-state index in [1.54, 1.807) is 43.0 Å². The highest BCUT2D eigenvalue weighted by molar-refractivity contribution is 7.91. The highest BCUT2D eigenvalue weighted by Crippen LogP contribution is 2.21. The summed E-state index contributed by atoms with van der Waals surface area (Å²) < 4.78 is 27.2. The van der Waals surface area contributed by atoms with Crippen molar-refractivity contribution in [2.45, 2.75) is 44.0 Å². The van der Waals surface area contributed by atoms with Crippen molar-refractivity contribution >= 4 is 15.7 Å². The van der Waals surface area contributed by atoms with Gasteiger partial charge in [-0.3, -0.25) is 9.59 Å². The van der Waals surface area contributed by atoms with Crippen LogP contribution in [0.5, 0.6) is 0 Å². The van der Waals surface area contributed by atoms with Crippen LogP contribution in [0.25, 0.3) is 0 Å². The summed E-state index contributed by atoms with van der Waals surface area (Å²) in [5.74, 6) is -0.216. The lowest BCUT2D eigenvalue weighted by molar-refractivity contribution is -0.131. The first-order valence-corrected chi connectivity index (χ1v) is 10.0. The van der Waals surface area contributed by atoms with Crippen LogP contribution >= 0.6 is 0 Å². The summed E-state index contributed by atoms with van der Waals surface area (Å²) in [7, 11) is -3.96. The lowest BCUT2D eigenvalue weighted by Crippen LogP contribution is -2.38. The molecule has 0 aliphatic rings. The van der Waals surface area contributed by atoms with Crippen LogP contribution in [0.3, 0.4) is 0 Å². The molecule has 2 rings (SSSR count). The third kappa shape index (κ3) is 3.72. The van der Waals surface area contributed by atoms with Gasteiger partial charge in [0.2, 0.25) is 15.7 Å². The van der Waals surface area contributed by atoms with E-state index in [1.165, 1.54) is 16.7 Å². The fourth-order valence-electron chi connectivity index (χ4n) is 2.96. The summed E-state index contributed by atoms with van der Waals surface area (Å²) in [4.78, 5) is 26.8. The quantitative estimate of drug-likeness (QED) is 0.774. The molecule has 0 unspecified atom stereocenters. The van der Waals surface area contributed by atoms with Crippen molar-refractivity contribution in [1.82, 2.24) is 9.47 Å². The molecule has 6 nitrogen and oxygen atoms in total. The molecule has 1 aromatic heterocycles. The van der Waals surface area contributed by atoms with Gasteiger partial charge in [0.25, 0.3) is 5.56 Å². The first-order chi connectivity index (χ1) is 12.2. The number of pyridine rings is 1. The van der Waals surface area contributed by atoms with Gasteiger partial charge in [-0.15, -0.1) is 0 Å². The Morgan fingerprint density at radius 3 is 2.19 bits per heavy atom. The molecule has 140 valence electrons. The van der Waals surface area contributed by atoms with Crippen molar-refractivity contribution < 1.29 is 13.2 Å². The summed E-state index contributed by atoms with van der Waals surface area (Å²) in [6, 6.07) is 9.48. The molecule has 1 aromatic carbocycles. The van der Waals surface area contributed by atoms with Crippen LogP contribution < -0.4 is 5.56 Å². The van der Waals surface area contributed by atoms with Gasteiger partial charge in [0.1, 0.15) is 11.4 Å². The number of amides is 1. The van der Waals surface area contributed by atoms with E-state index in [9.17, 15) is 18.0 Å². The van der Waals surface area contributed by atoms with Crippen LogP contribution in [0, 0.1) is 13.8 Å². The first-order valence-electron chi connectivity index (χ1n) is 8.53. The third-order valence-corrected chi connectivity index (χ3v) is 6.31. The lowest BCUT2D eigenvalue weighted by atomic mass is 10.2. The molecular formula is C19H24N2O4S. The van der Waals surface area contributed by atoms with Crippen LogP contribution in [0.1, 0.15) is 25.1 Å². The van der Waals surface area contributed by atoms with Crippen LogP contribution in [-0.4, -0.2) is 36.9 Å². The van der Waals surface area contributed by atoms with Crippen molar-refractivity contribution in [3.8, 4) is 0 Å². The zero-order valence-corrected chi connectivity index (χ0v) is 16.3. The summed E-state index contributed by atoms with van der Waals surface area (Å²) in [5, 5.41) is 0. The Labute approximate surface area is 154 Å². The van der Waals surface area contributed by atoms with E-state index in [1.807, 2.05) is 13.8 Å². The largest absolute Gasteiger partial charge is 0.342 e. The zero-order valence-electron chi connectivity index (χ0n) is 15.5. The Balaban J connectivity index is 2.61. The fourth-order valence-corrected chi connectivity index (χ4v) is 4.53. The SMILES string of the molecule is CCN(CC)C(=O)Cn1c(C)cc(C)c(S(=O)(=O)c2ccccc2)c1=O. The minimum Gasteiger partial charge on any atom is -0.342 e. The van der Waals surface area contributed by atoms with Gasteiger partial charge in [0.05, 0.1) is 4.90 Å². The zero-order chi connectivity index (χ0) is 19.5. The van der Waals surface area contributed by atoms with Crippen molar-refractivity contribution in [2.24, 2.45) is 0 Å². The number of nitrogens with zero attached hydrogens (tertiary/aromatic N) is 2. The lowest BCUT2D eigenvalue weighted by Gasteiger charge is -2.21. The van der Waals surface area contributed by atoms with Crippen LogP contribution in [0.2, 0.25) is 0 Å². The Bertz CT molecular complexity index is 959. The number of rotatable bonds is 6. The topological polar surface area (TPSA) is 76.5 Å². The van der Waals surface area contributed by atoms with E-state index in [0.717, 1.165) is 0 Å². The Morgan fingerprint density at radius 2 is 1.65 bits per heavy atom. The number of hydrogen-bond donors (Lipinski definition) is 0. The van der Waals surface area contributed by atoms with Gasteiger partial charge in [-0.05, 0) is 51.5 Å². The predicted octanol–water partition coefficient (Wildman–Crippen LogP) is 2.17. The average molecular weight is 376 g/mol. The summed E-state index contributed by atoms with van der Waals surface area (Å²) in [6.07, 6.45) is 0. The molecule has 0 bridgehead atoms. The number of aromatic nitrogens is 1. The number of hydrogen-bond acceptors (Lipinski definition) is 4. The summed E-state index contributed by atoms with van der Waals surface area (Å²) in [5.41, 5.74) is 0.273. The summed E-state index contributed by atoms with van der Waals surface area (Å²) >= 11 is 0. The van der Waals surface area contributed by atoms with Gasteiger partial charge in [-0.2, -0.15) is 0 Å². The van der Waals surface area contributed by atoms with E-state index in [4.69, 9.17) is 0 Å². The monoisotopic (exact) mass is 376 g/mol. The van der Waals surface area contributed by atoms with E-state index in [0.29, 0.717) is 24.3 Å². The molecule has 0 fully saturated rings. The van der Waals surface area contributed by atoms with Crippen molar-refractivity contribution in [3.05, 3.63) is 58.0 Å². The Hall–Kier alpha value is -2.41. The first kappa shape index (κ1) is 19.9. The van der Waals surface area contributed by atoms with Gasteiger partial charge >= 0.3 is 0 Å². The average Bonchev–Trinajstić information content (AvgIpc) is 2.60. The maximum absolute atomic E-state index is 13.0. The molecular weight excluding hydrogens is 352 g/mol. The van der Waals surface area contributed by atoms with E-state index >= 15 is 0 Å². The predicted molar refractivity (Wildman–Crippen MR) is 100.0 cm³/mol. The maximum atomic E-state index is 13.0. The van der Waals surface area contributed by atoms with E-state index in [2.05, 4.69) is 0 Å². The van der Waals surface area contributed by atoms with Crippen LogP contribution in [0.4, 0.5) is 0 Å². The smallest absolute Gasteiger partial charge is 0.270 e. The molecule has 26 heavy (non-hydrogen) atoms. The number of aryl methyl sites for hydroxylation is 2. The van der Waals surface area contributed by atoms with Crippen molar-refractivity contribution in [2.75, 3.05) is 13.1 Å². The fraction of sp³-hybridized carbons (Fsp3) is 0.368. The van der Waals surface area contributed by atoms with Crippen LogP contribution in [0.15, 0.2) is 51.0 Å². The maximum Gasteiger partial charge on any atom is 0.270 e. The highest BCUT2D eigenvalue weighted by Gasteiger charge is 2.26. The number of likely N-dealkylation sites (N-methyl/N-ethyl adjacent to an activating group) is 1. The third-order valence-electron chi connectivity index (χ3n) is 4.38. The second-order valence-electron chi connectivity index (χ2n) is 6.07. The molecule has 2 aromatic rings. The number of benzene rings is 1. The molecule has 7 heteroatoms. The second-order valence-corrected chi connectivity index (χ2v) is 7.96. The minimum absolute atomic E-state index is 0.0608. The molecule has 0 spiro atoms. The van der Waals surface area contributed by atoms with Gasteiger partial charge in [-0.1, -0.05) is 18.2 Å². The van der Waals surface area contributed by atoms with Gasteiger partial charge in [-0.25, -0.2) is 8.42 Å². The minimum atomic E-state index is -3.96. The normalized spacial score (nSPS) is 11.4. The number of carbonyl (C=O) groups is 1. The van der Waals surface area contributed by atoms with Crippen LogP contribution in [-0.2, 0) is 21.2 Å². The van der Waals surface area contributed by atoms with Gasteiger partial charge < -0.3 is 9.47 Å². The Kier molecular flexibility index (Phi) is 6.02.